The van der Waals surface area contributed by atoms with Gasteiger partial charge in [-0.1, -0.05) is 0 Å². The van der Waals surface area contributed by atoms with Crippen molar-refractivity contribution in [2.75, 3.05) is 19.6 Å². The zero-order valence-electron chi connectivity index (χ0n) is 10.2. The molecule has 1 aromatic rings. The molecule has 0 aromatic carbocycles. The molecule has 1 saturated carbocycles. The molecule has 0 atom stereocenters. The minimum absolute atomic E-state index is 0.147. The van der Waals surface area contributed by atoms with E-state index < -0.39 is 5.97 Å². The lowest BCUT2D eigenvalue weighted by molar-refractivity contribution is -0.138. The van der Waals surface area contributed by atoms with Crippen LogP contribution in [-0.4, -0.2) is 45.4 Å². The summed E-state index contributed by atoms with van der Waals surface area (Å²) in [5, 5.41) is 13.0. The van der Waals surface area contributed by atoms with E-state index in [1.807, 2.05) is 22.7 Å². The fraction of sp³-hybridized carbons (Fsp3) is 0.667. The zero-order chi connectivity index (χ0) is 12.3. The van der Waals surface area contributed by atoms with Gasteiger partial charge in [0.1, 0.15) is 0 Å². The van der Waals surface area contributed by atoms with Gasteiger partial charge in [0.15, 0.2) is 0 Å². The van der Waals surface area contributed by atoms with Crippen LogP contribution in [0.2, 0.25) is 0 Å². The summed E-state index contributed by atoms with van der Waals surface area (Å²) < 4.78 is 1.84. The van der Waals surface area contributed by atoms with Crippen molar-refractivity contribution in [2.24, 2.45) is 13.0 Å². The molecule has 17 heavy (non-hydrogen) atoms. The smallest absolute Gasteiger partial charge is 0.317 e. The Hall–Kier alpha value is -1.36. The lowest BCUT2D eigenvalue weighted by atomic mass is 10.2. The molecular weight excluding hydrogens is 218 g/mol. The van der Waals surface area contributed by atoms with E-state index in [2.05, 4.69) is 5.10 Å². The van der Waals surface area contributed by atoms with Crippen molar-refractivity contribution in [1.29, 1.82) is 0 Å². The van der Waals surface area contributed by atoms with E-state index >= 15 is 0 Å². The third-order valence-corrected chi connectivity index (χ3v) is 3.18. The molecule has 0 aliphatic heterocycles. The molecular formula is C12H19N3O2. The van der Waals surface area contributed by atoms with Crippen LogP contribution >= 0.6 is 0 Å². The van der Waals surface area contributed by atoms with Gasteiger partial charge in [0.05, 0.1) is 6.54 Å². The first-order chi connectivity index (χ1) is 8.15. The summed E-state index contributed by atoms with van der Waals surface area (Å²) in [6.07, 6.45) is 5.14. The van der Waals surface area contributed by atoms with E-state index in [9.17, 15) is 4.79 Å². The standard InChI is InChI=1S/C12H19N3O2/c1-14-11(4-6-13-14)5-7-15(9-12(16)17)8-10-2-3-10/h4,6,10H,2-3,5,7-9H2,1H3,(H,16,17). The predicted octanol–water partition coefficient (Wildman–Crippen LogP) is 0.759. The second-order valence-electron chi connectivity index (χ2n) is 4.77. The summed E-state index contributed by atoms with van der Waals surface area (Å²) in [7, 11) is 1.91. The Morgan fingerprint density at radius 2 is 2.41 bits per heavy atom. The van der Waals surface area contributed by atoms with Gasteiger partial charge in [0.25, 0.3) is 0 Å². The van der Waals surface area contributed by atoms with Crippen LogP contribution in [0.25, 0.3) is 0 Å². The molecule has 0 unspecified atom stereocenters. The second-order valence-corrected chi connectivity index (χ2v) is 4.77. The normalized spacial score (nSPS) is 15.4. The topological polar surface area (TPSA) is 58.4 Å². The summed E-state index contributed by atoms with van der Waals surface area (Å²) in [6, 6.07) is 1.98. The molecule has 0 bridgehead atoms. The fourth-order valence-corrected chi connectivity index (χ4v) is 2.01. The largest absolute Gasteiger partial charge is 0.480 e. The highest BCUT2D eigenvalue weighted by molar-refractivity contribution is 5.69. The highest BCUT2D eigenvalue weighted by atomic mass is 16.4. The van der Waals surface area contributed by atoms with Crippen molar-refractivity contribution in [3.63, 3.8) is 0 Å². The minimum Gasteiger partial charge on any atom is -0.480 e. The first-order valence-electron chi connectivity index (χ1n) is 6.06. The van der Waals surface area contributed by atoms with Crippen LogP contribution in [0.5, 0.6) is 0 Å². The van der Waals surface area contributed by atoms with Crippen molar-refractivity contribution in [2.45, 2.75) is 19.3 Å². The number of aliphatic carboxylic acids is 1. The Balaban J connectivity index is 1.83. The minimum atomic E-state index is -0.740. The van der Waals surface area contributed by atoms with Crippen molar-refractivity contribution < 1.29 is 9.90 Å². The van der Waals surface area contributed by atoms with Crippen LogP contribution in [0.1, 0.15) is 18.5 Å². The number of hydrogen-bond donors (Lipinski definition) is 1. The van der Waals surface area contributed by atoms with Gasteiger partial charge < -0.3 is 5.11 Å². The number of carbonyl (C=O) groups is 1. The Labute approximate surface area is 101 Å². The molecule has 0 spiro atoms. The first-order valence-corrected chi connectivity index (χ1v) is 6.06. The molecule has 1 aromatic heterocycles. The molecule has 2 rings (SSSR count). The van der Waals surface area contributed by atoms with E-state index in [4.69, 9.17) is 5.11 Å². The fourth-order valence-electron chi connectivity index (χ4n) is 2.01. The Morgan fingerprint density at radius 1 is 1.65 bits per heavy atom. The number of carboxylic acid groups (broad SMARTS) is 1. The van der Waals surface area contributed by atoms with Gasteiger partial charge in [0.2, 0.25) is 0 Å². The summed E-state index contributed by atoms with van der Waals surface area (Å²) in [6.45, 7) is 1.86. The molecule has 1 aliphatic carbocycles. The number of nitrogens with zero attached hydrogens (tertiary/aromatic N) is 3. The molecule has 1 aliphatic rings. The van der Waals surface area contributed by atoms with Gasteiger partial charge in [-0.2, -0.15) is 5.10 Å². The lowest BCUT2D eigenvalue weighted by Crippen LogP contribution is -2.33. The van der Waals surface area contributed by atoms with Crippen molar-refractivity contribution in [3.8, 4) is 0 Å². The van der Waals surface area contributed by atoms with Crippen LogP contribution < -0.4 is 0 Å². The summed E-state index contributed by atoms with van der Waals surface area (Å²) in [5.41, 5.74) is 1.15. The van der Waals surface area contributed by atoms with Crippen LogP contribution in [0, 0.1) is 5.92 Å². The third kappa shape index (κ3) is 3.85. The Morgan fingerprint density at radius 3 is 2.94 bits per heavy atom. The molecule has 1 N–H and O–H groups in total. The van der Waals surface area contributed by atoms with Crippen LogP contribution in [0.15, 0.2) is 12.3 Å². The number of rotatable bonds is 7. The van der Waals surface area contributed by atoms with Crippen LogP contribution in [0.4, 0.5) is 0 Å². The van der Waals surface area contributed by atoms with Crippen molar-refractivity contribution in [3.05, 3.63) is 18.0 Å². The molecule has 1 heterocycles. The van der Waals surface area contributed by atoms with Gasteiger partial charge in [-0.25, -0.2) is 0 Å². The van der Waals surface area contributed by atoms with Gasteiger partial charge in [0, 0.05) is 38.4 Å². The highest BCUT2D eigenvalue weighted by Crippen LogP contribution is 2.29. The molecule has 0 amide bonds. The molecule has 94 valence electrons. The monoisotopic (exact) mass is 237 g/mol. The summed E-state index contributed by atoms with van der Waals surface area (Å²) >= 11 is 0. The third-order valence-electron chi connectivity index (χ3n) is 3.18. The van der Waals surface area contributed by atoms with E-state index in [0.717, 1.165) is 31.1 Å². The number of hydrogen-bond acceptors (Lipinski definition) is 3. The van der Waals surface area contributed by atoms with Gasteiger partial charge in [-0.05, 0) is 24.8 Å². The molecule has 0 saturated heterocycles. The maximum atomic E-state index is 10.8. The maximum Gasteiger partial charge on any atom is 0.317 e. The van der Waals surface area contributed by atoms with Gasteiger partial charge in [-0.15, -0.1) is 0 Å². The number of carboxylic acids is 1. The highest BCUT2D eigenvalue weighted by Gasteiger charge is 2.25. The van der Waals surface area contributed by atoms with Crippen LogP contribution in [0.3, 0.4) is 0 Å². The quantitative estimate of drug-likeness (QED) is 0.760. The number of aryl methyl sites for hydroxylation is 1. The van der Waals surface area contributed by atoms with Crippen LogP contribution in [-0.2, 0) is 18.3 Å². The first kappa shape index (κ1) is 12.1. The SMILES string of the molecule is Cn1nccc1CCN(CC(=O)O)CC1CC1. The van der Waals surface area contributed by atoms with Crippen molar-refractivity contribution >= 4 is 5.97 Å². The summed E-state index contributed by atoms with van der Waals surface area (Å²) in [4.78, 5) is 12.8. The molecule has 5 nitrogen and oxygen atoms in total. The maximum absolute atomic E-state index is 10.8. The molecule has 5 heteroatoms. The van der Waals surface area contributed by atoms with E-state index in [-0.39, 0.29) is 6.54 Å². The van der Waals surface area contributed by atoms with E-state index in [1.54, 1.807) is 6.20 Å². The second kappa shape index (κ2) is 5.31. The average Bonchev–Trinajstić information content (AvgIpc) is 2.97. The van der Waals surface area contributed by atoms with Crippen molar-refractivity contribution in [1.82, 2.24) is 14.7 Å². The molecule has 0 radical (unpaired) electrons. The van der Waals surface area contributed by atoms with Gasteiger partial charge >= 0.3 is 5.97 Å². The summed E-state index contributed by atoms with van der Waals surface area (Å²) in [5.74, 6) is -0.0171. The predicted molar refractivity (Wildman–Crippen MR) is 63.7 cm³/mol. The number of aromatic nitrogens is 2. The van der Waals surface area contributed by atoms with Gasteiger partial charge in [-0.3, -0.25) is 14.4 Å². The zero-order valence-corrected chi connectivity index (χ0v) is 10.2. The van der Waals surface area contributed by atoms with E-state index in [1.165, 1.54) is 12.8 Å². The van der Waals surface area contributed by atoms with E-state index in [0.29, 0.717) is 0 Å². The Bertz CT molecular complexity index is 385. The average molecular weight is 237 g/mol. The Kier molecular flexibility index (Phi) is 3.78. The molecule has 1 fully saturated rings. The lowest BCUT2D eigenvalue weighted by Gasteiger charge is -2.19.